The molecule has 3 heterocycles. The highest BCUT2D eigenvalue weighted by atomic mass is 16.2. The molecule has 3 rings (SSSR count). The highest BCUT2D eigenvalue weighted by molar-refractivity contribution is 5.92. The average molecular weight is 369 g/mol. The van der Waals surface area contributed by atoms with Gasteiger partial charge >= 0.3 is 5.69 Å². The Morgan fingerprint density at radius 1 is 1.44 bits per heavy atom. The Morgan fingerprint density at radius 3 is 3.04 bits per heavy atom. The molecule has 7 heteroatoms. The summed E-state index contributed by atoms with van der Waals surface area (Å²) in [6, 6.07) is 5.74. The summed E-state index contributed by atoms with van der Waals surface area (Å²) < 4.78 is 0. The van der Waals surface area contributed by atoms with Crippen molar-refractivity contribution in [1.82, 2.24) is 25.2 Å². The summed E-state index contributed by atoms with van der Waals surface area (Å²) in [7, 11) is 0. The Hall–Kier alpha value is -2.54. The molecule has 0 radical (unpaired) electrons. The van der Waals surface area contributed by atoms with Crippen LogP contribution in [0.5, 0.6) is 0 Å². The Bertz CT molecular complexity index is 819. The van der Waals surface area contributed by atoms with Gasteiger partial charge in [-0.05, 0) is 49.4 Å². The molecule has 1 aliphatic heterocycles. The summed E-state index contributed by atoms with van der Waals surface area (Å²) in [6.07, 6.45) is 6.30. The van der Waals surface area contributed by atoms with Gasteiger partial charge in [-0.2, -0.15) is 4.98 Å². The van der Waals surface area contributed by atoms with E-state index in [9.17, 15) is 9.59 Å². The van der Waals surface area contributed by atoms with E-state index in [1.807, 2.05) is 12.3 Å². The molecule has 1 atom stereocenters. The number of nitrogens with zero attached hydrogens (tertiary/aromatic N) is 3. The van der Waals surface area contributed by atoms with Gasteiger partial charge in [-0.3, -0.25) is 14.7 Å². The number of amides is 1. The first-order chi connectivity index (χ1) is 13.0. The summed E-state index contributed by atoms with van der Waals surface area (Å²) in [5, 5.41) is 3.05. The summed E-state index contributed by atoms with van der Waals surface area (Å²) in [5.41, 5.74) is 1.63. The Labute approximate surface area is 159 Å². The van der Waals surface area contributed by atoms with Gasteiger partial charge in [0, 0.05) is 37.2 Å². The van der Waals surface area contributed by atoms with Crippen molar-refractivity contribution >= 4 is 5.91 Å². The topological polar surface area (TPSA) is 91.0 Å². The summed E-state index contributed by atoms with van der Waals surface area (Å²) >= 11 is 0. The van der Waals surface area contributed by atoms with Crippen LogP contribution in [-0.2, 0) is 13.0 Å². The lowest BCUT2D eigenvalue weighted by Gasteiger charge is -2.33. The molecule has 0 aromatic carbocycles. The fourth-order valence-corrected chi connectivity index (χ4v) is 3.50. The second-order valence-corrected chi connectivity index (χ2v) is 7.60. The molecule has 0 aliphatic carbocycles. The van der Waals surface area contributed by atoms with Crippen LogP contribution in [0.1, 0.15) is 48.4 Å². The Morgan fingerprint density at radius 2 is 2.30 bits per heavy atom. The monoisotopic (exact) mass is 369 g/mol. The van der Waals surface area contributed by atoms with Crippen LogP contribution in [0.15, 0.2) is 35.4 Å². The van der Waals surface area contributed by atoms with E-state index in [2.05, 4.69) is 45.1 Å². The van der Waals surface area contributed by atoms with Crippen LogP contribution in [0.4, 0.5) is 0 Å². The smallest absolute Gasteiger partial charge is 0.345 e. The number of carbonyl (C=O) groups is 1. The Kier molecular flexibility index (Phi) is 6.34. The van der Waals surface area contributed by atoms with Gasteiger partial charge in [-0.1, -0.05) is 19.9 Å². The average Bonchev–Trinajstić information content (AvgIpc) is 2.62. The third-order valence-corrected chi connectivity index (χ3v) is 4.63. The second-order valence-electron chi connectivity index (χ2n) is 7.60. The van der Waals surface area contributed by atoms with Crippen LogP contribution in [0.2, 0.25) is 0 Å². The van der Waals surface area contributed by atoms with Gasteiger partial charge in [0.05, 0.1) is 0 Å². The molecule has 1 amide bonds. The quantitative estimate of drug-likeness (QED) is 0.810. The fraction of sp³-hybridized carbons (Fsp3) is 0.500. The number of aromatic nitrogens is 3. The maximum absolute atomic E-state index is 12.6. The van der Waals surface area contributed by atoms with Gasteiger partial charge in [0.1, 0.15) is 5.69 Å². The first-order valence-corrected chi connectivity index (χ1v) is 9.52. The summed E-state index contributed by atoms with van der Waals surface area (Å²) in [5.74, 6) is 0.109. The van der Waals surface area contributed by atoms with E-state index in [4.69, 9.17) is 0 Å². The van der Waals surface area contributed by atoms with E-state index in [-0.39, 0.29) is 17.6 Å². The van der Waals surface area contributed by atoms with Crippen LogP contribution in [0.3, 0.4) is 0 Å². The van der Waals surface area contributed by atoms with Crippen molar-refractivity contribution in [1.29, 1.82) is 0 Å². The number of likely N-dealkylation sites (tertiary alicyclic amines) is 1. The van der Waals surface area contributed by atoms with E-state index >= 15 is 0 Å². The van der Waals surface area contributed by atoms with E-state index < -0.39 is 5.69 Å². The van der Waals surface area contributed by atoms with Crippen LogP contribution in [0, 0.1) is 5.92 Å². The maximum atomic E-state index is 12.6. The third-order valence-electron chi connectivity index (χ3n) is 4.63. The van der Waals surface area contributed by atoms with Gasteiger partial charge in [-0.25, -0.2) is 4.79 Å². The minimum atomic E-state index is -0.472. The zero-order valence-electron chi connectivity index (χ0n) is 15.9. The summed E-state index contributed by atoms with van der Waals surface area (Å²) in [6.45, 7) is 6.74. The van der Waals surface area contributed by atoms with E-state index in [0.717, 1.165) is 38.2 Å². The molecule has 144 valence electrons. The molecule has 1 aliphatic rings. The predicted molar refractivity (Wildman–Crippen MR) is 103 cm³/mol. The largest absolute Gasteiger partial charge is 0.347 e. The zero-order valence-corrected chi connectivity index (χ0v) is 15.9. The van der Waals surface area contributed by atoms with Gasteiger partial charge in [-0.15, -0.1) is 0 Å². The van der Waals surface area contributed by atoms with Crippen LogP contribution >= 0.6 is 0 Å². The highest BCUT2D eigenvalue weighted by Crippen LogP contribution is 2.14. The first-order valence-electron chi connectivity index (χ1n) is 9.52. The molecular weight excluding hydrogens is 342 g/mol. The van der Waals surface area contributed by atoms with Gasteiger partial charge in [0.25, 0.3) is 5.91 Å². The van der Waals surface area contributed by atoms with E-state index in [1.54, 1.807) is 12.3 Å². The minimum Gasteiger partial charge on any atom is -0.347 e. The fourth-order valence-electron chi connectivity index (χ4n) is 3.50. The molecule has 1 unspecified atom stereocenters. The van der Waals surface area contributed by atoms with Crippen LogP contribution < -0.4 is 11.0 Å². The Balaban J connectivity index is 1.62. The van der Waals surface area contributed by atoms with Crippen molar-refractivity contribution < 1.29 is 4.79 Å². The number of H-pyrrole nitrogens is 1. The van der Waals surface area contributed by atoms with Crippen molar-refractivity contribution in [3.8, 4) is 0 Å². The normalized spacial score (nSPS) is 17.8. The number of nitrogens with one attached hydrogen (secondary N) is 2. The van der Waals surface area contributed by atoms with E-state index in [0.29, 0.717) is 12.3 Å². The molecule has 0 spiro atoms. The molecule has 27 heavy (non-hydrogen) atoms. The van der Waals surface area contributed by atoms with Crippen LogP contribution in [-0.4, -0.2) is 44.9 Å². The number of pyridine rings is 1. The van der Waals surface area contributed by atoms with Crippen molar-refractivity contribution in [2.24, 2.45) is 5.92 Å². The van der Waals surface area contributed by atoms with Crippen molar-refractivity contribution in [3.05, 3.63) is 58.0 Å². The molecule has 1 fully saturated rings. The molecule has 1 saturated heterocycles. The number of piperidine rings is 1. The standard InChI is InChI=1S/C20H27N5O2/c1-14(2)9-17-10-18(24-20(27)23-17)19(26)22-16-6-4-8-25(13-16)12-15-5-3-7-21-11-15/h3,5,7,10-11,14,16H,4,6,8-9,12-13H2,1-2H3,(H,22,26)(H,23,24,27). The predicted octanol–water partition coefficient (Wildman–Crippen LogP) is 1.76. The lowest BCUT2D eigenvalue weighted by molar-refractivity contribution is 0.0895. The maximum Gasteiger partial charge on any atom is 0.345 e. The van der Waals surface area contributed by atoms with E-state index in [1.165, 1.54) is 5.56 Å². The van der Waals surface area contributed by atoms with Gasteiger partial charge in [0.2, 0.25) is 0 Å². The number of hydrogen-bond acceptors (Lipinski definition) is 5. The number of rotatable bonds is 6. The second kappa shape index (κ2) is 8.90. The molecule has 0 saturated carbocycles. The molecule has 2 aromatic rings. The lowest BCUT2D eigenvalue weighted by Crippen LogP contribution is -2.47. The molecule has 2 aromatic heterocycles. The zero-order chi connectivity index (χ0) is 19.2. The van der Waals surface area contributed by atoms with Crippen molar-refractivity contribution in [2.45, 2.75) is 45.7 Å². The molecule has 0 bridgehead atoms. The molecule has 2 N–H and O–H groups in total. The number of hydrogen-bond donors (Lipinski definition) is 2. The highest BCUT2D eigenvalue weighted by Gasteiger charge is 2.23. The van der Waals surface area contributed by atoms with Gasteiger partial charge < -0.3 is 10.3 Å². The van der Waals surface area contributed by atoms with Crippen LogP contribution in [0.25, 0.3) is 0 Å². The molecule has 7 nitrogen and oxygen atoms in total. The lowest BCUT2D eigenvalue weighted by atomic mass is 10.0. The van der Waals surface area contributed by atoms with Gasteiger partial charge in [0.15, 0.2) is 0 Å². The SMILES string of the molecule is CC(C)Cc1cc(C(=O)NC2CCCN(Cc3cccnc3)C2)nc(=O)[nH]1. The van der Waals surface area contributed by atoms with Crippen molar-refractivity contribution in [3.63, 3.8) is 0 Å². The first kappa shape index (κ1) is 19.2. The number of aromatic amines is 1. The van der Waals surface area contributed by atoms with Crippen molar-refractivity contribution in [2.75, 3.05) is 13.1 Å². The third kappa shape index (κ3) is 5.72. The molecular formula is C20H27N5O2. The number of carbonyl (C=O) groups excluding carboxylic acids is 1. The minimum absolute atomic E-state index is 0.0533. The summed E-state index contributed by atoms with van der Waals surface area (Å²) in [4.78, 5) is 37.4.